The molecule has 17 heavy (non-hydrogen) atoms. The summed E-state index contributed by atoms with van der Waals surface area (Å²) in [6.45, 7) is 8.16. The van der Waals surface area contributed by atoms with Crippen molar-refractivity contribution in [3.8, 4) is 0 Å². The van der Waals surface area contributed by atoms with Crippen LogP contribution in [-0.2, 0) is 13.8 Å². The predicted octanol–water partition coefficient (Wildman–Crippen LogP) is 3.57. The number of unbranched alkanes of at least 4 members (excludes halogenated alkanes) is 3. The van der Waals surface area contributed by atoms with E-state index in [1.165, 1.54) is 0 Å². The van der Waals surface area contributed by atoms with Gasteiger partial charge in [-0.1, -0.05) is 33.6 Å². The number of hydrogen-bond donors (Lipinski definition) is 0. The Kier molecular flexibility index (Phi) is 8.43. The molecule has 0 radical (unpaired) electrons. The molecule has 0 spiro atoms. The zero-order valence-electron chi connectivity index (χ0n) is 11.2. The summed E-state index contributed by atoms with van der Waals surface area (Å²) in [4.78, 5) is 0. The Morgan fingerprint density at radius 3 is 2.12 bits per heavy atom. The molecule has 0 heterocycles. The Labute approximate surface area is 110 Å². The van der Waals surface area contributed by atoms with E-state index in [-0.39, 0.29) is 5.75 Å². The highest BCUT2D eigenvalue weighted by molar-refractivity contribution is 8.13. The van der Waals surface area contributed by atoms with Crippen LogP contribution in [0, 0.1) is 5.41 Å². The van der Waals surface area contributed by atoms with Gasteiger partial charge in [-0.05, 0) is 24.7 Å². The van der Waals surface area contributed by atoms with Crippen molar-refractivity contribution in [1.29, 1.82) is 0 Å². The van der Waals surface area contributed by atoms with Crippen LogP contribution in [0.3, 0.4) is 0 Å². The van der Waals surface area contributed by atoms with Crippen molar-refractivity contribution in [2.75, 3.05) is 19.0 Å². The first-order chi connectivity index (χ1) is 7.71. The molecule has 0 aliphatic heterocycles. The lowest BCUT2D eigenvalue weighted by Gasteiger charge is -2.17. The Balaban J connectivity index is 3.20. The van der Waals surface area contributed by atoms with Gasteiger partial charge < -0.3 is 4.74 Å². The molecule has 0 fully saturated rings. The number of ether oxygens (including phenoxy) is 1. The van der Waals surface area contributed by atoms with E-state index >= 15 is 0 Å². The third kappa shape index (κ3) is 16.2. The SMILES string of the molecule is CC(C)(C)CCOCCCCCCS(=O)(=O)Cl. The summed E-state index contributed by atoms with van der Waals surface area (Å²) in [5.74, 6) is 0.0828. The van der Waals surface area contributed by atoms with Gasteiger partial charge in [-0.3, -0.25) is 0 Å². The van der Waals surface area contributed by atoms with Gasteiger partial charge in [0.15, 0.2) is 0 Å². The Hall–Kier alpha value is 0.200. The normalized spacial score (nSPS) is 12.9. The Morgan fingerprint density at radius 2 is 1.59 bits per heavy atom. The second kappa shape index (κ2) is 8.33. The quantitative estimate of drug-likeness (QED) is 0.480. The number of hydrogen-bond acceptors (Lipinski definition) is 3. The third-order valence-electron chi connectivity index (χ3n) is 2.42. The Bertz CT molecular complexity index is 281. The number of rotatable bonds is 9. The molecule has 104 valence electrons. The van der Waals surface area contributed by atoms with Crippen molar-refractivity contribution in [1.82, 2.24) is 0 Å². The summed E-state index contributed by atoms with van der Waals surface area (Å²) < 4.78 is 26.8. The molecule has 0 unspecified atom stereocenters. The molecule has 0 saturated carbocycles. The molecular formula is C12H25ClO3S. The van der Waals surface area contributed by atoms with Crippen molar-refractivity contribution in [3.63, 3.8) is 0 Å². The van der Waals surface area contributed by atoms with Crippen molar-refractivity contribution in [3.05, 3.63) is 0 Å². The molecule has 5 heteroatoms. The first-order valence-electron chi connectivity index (χ1n) is 6.21. The van der Waals surface area contributed by atoms with Crippen molar-refractivity contribution in [2.24, 2.45) is 5.41 Å². The van der Waals surface area contributed by atoms with Crippen LogP contribution in [0.5, 0.6) is 0 Å². The van der Waals surface area contributed by atoms with Crippen LogP contribution >= 0.6 is 10.7 Å². The van der Waals surface area contributed by atoms with E-state index in [0.717, 1.165) is 38.9 Å². The smallest absolute Gasteiger partial charge is 0.232 e. The van der Waals surface area contributed by atoms with E-state index in [2.05, 4.69) is 20.8 Å². The highest BCUT2D eigenvalue weighted by Gasteiger charge is 2.09. The largest absolute Gasteiger partial charge is 0.381 e. The lowest BCUT2D eigenvalue weighted by Crippen LogP contribution is -2.10. The molecule has 0 aliphatic carbocycles. The van der Waals surface area contributed by atoms with Crippen LogP contribution in [0.2, 0.25) is 0 Å². The monoisotopic (exact) mass is 284 g/mol. The van der Waals surface area contributed by atoms with E-state index in [1.54, 1.807) is 0 Å². The van der Waals surface area contributed by atoms with Gasteiger partial charge in [0.2, 0.25) is 9.05 Å². The lowest BCUT2D eigenvalue weighted by atomic mass is 9.93. The minimum Gasteiger partial charge on any atom is -0.381 e. The maximum atomic E-state index is 10.6. The van der Waals surface area contributed by atoms with Gasteiger partial charge in [0, 0.05) is 23.9 Å². The maximum Gasteiger partial charge on any atom is 0.232 e. The summed E-state index contributed by atoms with van der Waals surface area (Å²) in [5.41, 5.74) is 0.328. The lowest BCUT2D eigenvalue weighted by molar-refractivity contribution is 0.105. The molecule has 0 aromatic rings. The highest BCUT2D eigenvalue weighted by Crippen LogP contribution is 2.17. The van der Waals surface area contributed by atoms with Gasteiger partial charge in [0.1, 0.15) is 0 Å². The van der Waals surface area contributed by atoms with Gasteiger partial charge in [-0.15, -0.1) is 0 Å². The van der Waals surface area contributed by atoms with E-state index in [0.29, 0.717) is 11.8 Å². The highest BCUT2D eigenvalue weighted by atomic mass is 35.7. The maximum absolute atomic E-state index is 10.6. The van der Waals surface area contributed by atoms with Crippen molar-refractivity contribution >= 4 is 19.7 Å². The van der Waals surface area contributed by atoms with Gasteiger partial charge in [-0.25, -0.2) is 8.42 Å². The second-order valence-corrected chi connectivity index (χ2v) is 8.48. The molecule has 0 bridgehead atoms. The predicted molar refractivity (Wildman–Crippen MR) is 73.0 cm³/mol. The summed E-state index contributed by atoms with van der Waals surface area (Å²) in [5, 5.41) is 0. The third-order valence-corrected chi connectivity index (χ3v) is 3.66. The number of halogens is 1. The van der Waals surface area contributed by atoms with Crippen LogP contribution in [0.25, 0.3) is 0 Å². The molecule has 0 N–H and O–H groups in total. The molecular weight excluding hydrogens is 260 g/mol. The minimum atomic E-state index is -3.30. The van der Waals surface area contributed by atoms with Crippen LogP contribution in [0.4, 0.5) is 0 Å². The van der Waals surface area contributed by atoms with Crippen LogP contribution in [0.1, 0.15) is 52.9 Å². The van der Waals surface area contributed by atoms with Crippen LogP contribution in [0.15, 0.2) is 0 Å². The van der Waals surface area contributed by atoms with Crippen molar-refractivity contribution in [2.45, 2.75) is 52.9 Å². The molecule has 3 nitrogen and oxygen atoms in total. The van der Waals surface area contributed by atoms with Gasteiger partial charge in [0.25, 0.3) is 0 Å². The van der Waals surface area contributed by atoms with Gasteiger partial charge in [-0.2, -0.15) is 0 Å². The zero-order chi connectivity index (χ0) is 13.4. The molecule has 0 amide bonds. The fourth-order valence-corrected chi connectivity index (χ4v) is 2.19. The topological polar surface area (TPSA) is 43.4 Å². The zero-order valence-corrected chi connectivity index (χ0v) is 12.7. The molecule has 0 aromatic carbocycles. The Morgan fingerprint density at radius 1 is 1.00 bits per heavy atom. The minimum absolute atomic E-state index is 0.0828. The van der Waals surface area contributed by atoms with E-state index in [9.17, 15) is 8.42 Å². The summed E-state index contributed by atoms with van der Waals surface area (Å²) in [6.07, 6.45) is 4.61. The average molecular weight is 285 g/mol. The van der Waals surface area contributed by atoms with E-state index < -0.39 is 9.05 Å². The van der Waals surface area contributed by atoms with Crippen LogP contribution < -0.4 is 0 Å². The van der Waals surface area contributed by atoms with Gasteiger partial charge >= 0.3 is 0 Å². The fourth-order valence-electron chi connectivity index (χ4n) is 1.31. The molecule has 0 aromatic heterocycles. The molecule has 0 rings (SSSR count). The second-order valence-electron chi connectivity index (χ2n) is 5.58. The van der Waals surface area contributed by atoms with Gasteiger partial charge in [0.05, 0.1) is 5.75 Å². The summed E-state index contributed by atoms with van der Waals surface area (Å²) in [6, 6.07) is 0. The summed E-state index contributed by atoms with van der Waals surface area (Å²) >= 11 is 0. The summed E-state index contributed by atoms with van der Waals surface area (Å²) in [7, 11) is 1.80. The first-order valence-corrected chi connectivity index (χ1v) is 8.69. The van der Waals surface area contributed by atoms with Crippen LogP contribution in [-0.4, -0.2) is 27.4 Å². The molecule has 0 atom stereocenters. The van der Waals surface area contributed by atoms with E-state index in [1.807, 2.05) is 0 Å². The first kappa shape index (κ1) is 17.2. The van der Waals surface area contributed by atoms with Crippen molar-refractivity contribution < 1.29 is 13.2 Å². The molecule has 0 aliphatic rings. The standard InChI is InChI=1S/C12H25ClO3S/c1-12(2,3)8-10-16-9-6-4-5-7-11-17(13,14)15/h4-11H2,1-3H3. The molecule has 0 saturated heterocycles. The van der Waals surface area contributed by atoms with E-state index in [4.69, 9.17) is 15.4 Å². The fraction of sp³-hybridized carbons (Fsp3) is 1.00. The average Bonchev–Trinajstić information content (AvgIpc) is 2.11.